The Morgan fingerprint density at radius 2 is 1.88 bits per heavy atom. The number of rotatable bonds is 4. The normalized spacial score (nSPS) is 29.1. The summed E-state index contributed by atoms with van der Waals surface area (Å²) in [5.74, 6) is 1.55. The number of guanidine groups is 1. The average molecular weight is 386 g/mol. The van der Waals surface area contributed by atoms with E-state index in [1.165, 1.54) is 12.8 Å². The molecule has 0 aromatic rings. The van der Waals surface area contributed by atoms with E-state index in [1.54, 1.807) is 7.05 Å². The molecule has 1 saturated carbocycles. The Kier molecular flexibility index (Phi) is 6.26. The van der Waals surface area contributed by atoms with Crippen LogP contribution in [0.25, 0.3) is 0 Å². The van der Waals surface area contributed by atoms with Gasteiger partial charge in [-0.05, 0) is 31.6 Å². The number of hydrogen-bond donors (Lipinski definition) is 3. The van der Waals surface area contributed by atoms with Crippen LogP contribution in [0.3, 0.4) is 0 Å². The number of carbonyl (C=O) groups excluding carboxylic acids is 1. The number of carbonyl (C=O) groups is 1. The molecule has 0 aromatic carbocycles. The van der Waals surface area contributed by atoms with E-state index in [2.05, 4.69) is 20.9 Å². The van der Waals surface area contributed by atoms with Crippen molar-refractivity contribution in [2.24, 2.45) is 10.9 Å². The van der Waals surface area contributed by atoms with Gasteiger partial charge in [0.1, 0.15) is 0 Å². The van der Waals surface area contributed by atoms with Gasteiger partial charge in [-0.3, -0.25) is 4.99 Å². The predicted molar refractivity (Wildman–Crippen MR) is 102 cm³/mol. The van der Waals surface area contributed by atoms with Crippen LogP contribution in [0.2, 0.25) is 0 Å². The molecule has 2 unspecified atom stereocenters. The number of likely N-dealkylation sites (tertiary alicyclic amines) is 1. The molecule has 3 rings (SSSR count). The fourth-order valence-corrected chi connectivity index (χ4v) is 5.90. The summed E-state index contributed by atoms with van der Waals surface area (Å²) < 4.78 is 23.3. The molecule has 1 aliphatic carbocycles. The first-order valence-corrected chi connectivity index (χ1v) is 11.5. The van der Waals surface area contributed by atoms with Crippen LogP contribution in [0.4, 0.5) is 4.79 Å². The highest BCUT2D eigenvalue weighted by Crippen LogP contribution is 2.21. The summed E-state index contributed by atoms with van der Waals surface area (Å²) in [6.07, 6.45) is 6.40. The Hall–Kier alpha value is -1.51. The lowest BCUT2D eigenvalue weighted by atomic mass is 10.1. The molecule has 0 bridgehead atoms. The highest BCUT2D eigenvalue weighted by Gasteiger charge is 2.30. The van der Waals surface area contributed by atoms with Crippen LogP contribution in [0, 0.1) is 5.92 Å². The molecule has 148 valence electrons. The first-order chi connectivity index (χ1) is 12.4. The monoisotopic (exact) mass is 385 g/mol. The van der Waals surface area contributed by atoms with Gasteiger partial charge in [0, 0.05) is 38.8 Å². The molecule has 2 heterocycles. The van der Waals surface area contributed by atoms with Gasteiger partial charge in [0.05, 0.1) is 11.5 Å². The lowest BCUT2D eigenvalue weighted by molar-refractivity contribution is 0.239. The smallest absolute Gasteiger partial charge is 0.314 e. The molecule has 26 heavy (non-hydrogen) atoms. The van der Waals surface area contributed by atoms with Gasteiger partial charge in [-0.2, -0.15) is 0 Å². The highest BCUT2D eigenvalue weighted by molar-refractivity contribution is 7.91. The van der Waals surface area contributed by atoms with E-state index in [-0.39, 0.29) is 23.7 Å². The summed E-state index contributed by atoms with van der Waals surface area (Å²) in [4.78, 5) is 18.5. The number of amides is 2. The highest BCUT2D eigenvalue weighted by atomic mass is 32.2. The van der Waals surface area contributed by atoms with Gasteiger partial charge >= 0.3 is 6.03 Å². The van der Waals surface area contributed by atoms with Gasteiger partial charge in [-0.1, -0.05) is 12.8 Å². The largest absolute Gasteiger partial charge is 0.354 e. The molecule has 2 aliphatic heterocycles. The molecule has 2 amide bonds. The summed E-state index contributed by atoms with van der Waals surface area (Å²) in [5.41, 5.74) is 0. The lowest BCUT2D eigenvalue weighted by Gasteiger charge is -2.25. The van der Waals surface area contributed by atoms with Crippen LogP contribution in [0.5, 0.6) is 0 Å². The van der Waals surface area contributed by atoms with E-state index in [4.69, 9.17) is 4.99 Å². The molecule has 0 radical (unpaired) electrons. The zero-order valence-electron chi connectivity index (χ0n) is 15.5. The molecule has 3 fully saturated rings. The average Bonchev–Trinajstić information content (AvgIpc) is 3.33. The molecule has 8 nitrogen and oxygen atoms in total. The predicted octanol–water partition coefficient (Wildman–Crippen LogP) is 0.313. The third-order valence-electron chi connectivity index (χ3n) is 5.56. The number of urea groups is 1. The summed E-state index contributed by atoms with van der Waals surface area (Å²) in [6.45, 7) is 2.13. The second-order valence-electron chi connectivity index (χ2n) is 7.71. The summed E-state index contributed by atoms with van der Waals surface area (Å²) in [6, 6.07) is 0.402. The van der Waals surface area contributed by atoms with Crippen LogP contribution in [-0.4, -0.2) is 75.6 Å². The zero-order valence-corrected chi connectivity index (χ0v) is 16.4. The molecule has 3 N–H and O–H groups in total. The van der Waals surface area contributed by atoms with Crippen molar-refractivity contribution in [2.75, 3.05) is 38.2 Å². The molecular weight excluding hydrogens is 354 g/mol. The van der Waals surface area contributed by atoms with E-state index in [1.807, 2.05) is 0 Å². The maximum atomic E-state index is 11.7. The van der Waals surface area contributed by atoms with Crippen molar-refractivity contribution in [3.8, 4) is 0 Å². The Morgan fingerprint density at radius 1 is 1.12 bits per heavy atom. The van der Waals surface area contributed by atoms with Crippen LogP contribution >= 0.6 is 0 Å². The molecule has 2 saturated heterocycles. The fourth-order valence-electron chi connectivity index (χ4n) is 4.05. The molecule has 3 aliphatic rings. The van der Waals surface area contributed by atoms with E-state index in [9.17, 15) is 13.2 Å². The number of sulfone groups is 1. The summed E-state index contributed by atoms with van der Waals surface area (Å²) in [5, 5.41) is 9.14. The Bertz CT molecular complexity index is 630. The minimum atomic E-state index is -2.87. The van der Waals surface area contributed by atoms with Crippen LogP contribution in [0.15, 0.2) is 4.99 Å². The van der Waals surface area contributed by atoms with Crippen molar-refractivity contribution in [3.05, 3.63) is 0 Å². The topological polar surface area (TPSA) is 103 Å². The third kappa shape index (κ3) is 5.25. The van der Waals surface area contributed by atoms with E-state index >= 15 is 0 Å². The van der Waals surface area contributed by atoms with Crippen LogP contribution in [-0.2, 0) is 9.84 Å². The van der Waals surface area contributed by atoms with Gasteiger partial charge in [-0.25, -0.2) is 13.2 Å². The second kappa shape index (κ2) is 8.45. The van der Waals surface area contributed by atoms with E-state index in [0.717, 1.165) is 38.3 Å². The number of hydrogen-bond acceptors (Lipinski definition) is 4. The van der Waals surface area contributed by atoms with Gasteiger partial charge < -0.3 is 20.9 Å². The van der Waals surface area contributed by atoms with Crippen molar-refractivity contribution < 1.29 is 13.2 Å². The molecule has 0 spiro atoms. The molecule has 0 aromatic heterocycles. The van der Waals surface area contributed by atoms with Crippen LogP contribution in [0.1, 0.15) is 38.5 Å². The molecular formula is C17H31N5O3S. The SMILES string of the molecule is CNC(=O)NC1CCN(C(=NCC2CCS(=O)(=O)C2)NC2CCCC2)C1. The maximum absolute atomic E-state index is 11.7. The molecule has 2 atom stereocenters. The van der Waals surface area contributed by atoms with Crippen molar-refractivity contribution >= 4 is 21.8 Å². The van der Waals surface area contributed by atoms with Gasteiger partial charge in [0.25, 0.3) is 0 Å². The Balaban J connectivity index is 1.61. The van der Waals surface area contributed by atoms with E-state index in [0.29, 0.717) is 24.8 Å². The quantitative estimate of drug-likeness (QED) is 0.477. The standard InChI is InChI=1S/C17H31N5O3S/c1-18-17(23)21-15-6-8-22(11-15)16(20-14-4-2-3-5-14)19-10-13-7-9-26(24,25)12-13/h13-15H,2-12H2,1H3,(H,19,20)(H2,18,21,23). The Labute approximate surface area is 156 Å². The fraction of sp³-hybridized carbons (Fsp3) is 0.882. The van der Waals surface area contributed by atoms with Crippen molar-refractivity contribution in [1.29, 1.82) is 0 Å². The van der Waals surface area contributed by atoms with Gasteiger partial charge in [0.15, 0.2) is 15.8 Å². The minimum absolute atomic E-state index is 0.109. The Morgan fingerprint density at radius 3 is 2.54 bits per heavy atom. The number of nitrogens with one attached hydrogen (secondary N) is 3. The number of nitrogens with zero attached hydrogens (tertiary/aromatic N) is 2. The van der Waals surface area contributed by atoms with Crippen molar-refractivity contribution in [3.63, 3.8) is 0 Å². The summed E-state index contributed by atoms with van der Waals surface area (Å²) in [7, 11) is -1.25. The van der Waals surface area contributed by atoms with Gasteiger partial charge in [-0.15, -0.1) is 0 Å². The molecule has 9 heteroatoms. The zero-order chi connectivity index (χ0) is 18.6. The second-order valence-corrected chi connectivity index (χ2v) is 9.94. The first-order valence-electron chi connectivity index (χ1n) is 9.70. The summed E-state index contributed by atoms with van der Waals surface area (Å²) >= 11 is 0. The lowest BCUT2D eigenvalue weighted by Crippen LogP contribution is -2.47. The minimum Gasteiger partial charge on any atom is -0.354 e. The number of aliphatic imine (C=N–C) groups is 1. The first kappa shape index (κ1) is 19.3. The van der Waals surface area contributed by atoms with Crippen LogP contribution < -0.4 is 16.0 Å². The van der Waals surface area contributed by atoms with E-state index < -0.39 is 9.84 Å². The van der Waals surface area contributed by atoms with Gasteiger partial charge in [0.2, 0.25) is 0 Å². The maximum Gasteiger partial charge on any atom is 0.314 e. The van der Waals surface area contributed by atoms with Crippen molar-refractivity contribution in [2.45, 2.75) is 50.6 Å². The van der Waals surface area contributed by atoms with Crippen molar-refractivity contribution in [1.82, 2.24) is 20.9 Å². The third-order valence-corrected chi connectivity index (χ3v) is 7.40.